The molecule has 0 saturated heterocycles. The zero-order chi connectivity index (χ0) is 18.9. The van der Waals surface area contributed by atoms with E-state index in [2.05, 4.69) is 10.6 Å². The largest absolute Gasteiger partial charge is 0.496 e. The molecule has 0 bridgehead atoms. The minimum Gasteiger partial charge on any atom is -0.496 e. The van der Waals surface area contributed by atoms with Gasteiger partial charge in [0.15, 0.2) is 0 Å². The van der Waals surface area contributed by atoms with E-state index in [-0.39, 0.29) is 17.9 Å². The number of para-hydroxylation sites is 1. The molecule has 0 aliphatic carbocycles. The molecular weight excluding hydrogens is 328 g/mol. The van der Waals surface area contributed by atoms with Crippen LogP contribution in [0.5, 0.6) is 5.75 Å². The fourth-order valence-electron chi connectivity index (χ4n) is 2.65. The number of amides is 2. The van der Waals surface area contributed by atoms with Crippen molar-refractivity contribution in [3.8, 4) is 5.75 Å². The summed E-state index contributed by atoms with van der Waals surface area (Å²) in [5, 5.41) is 5.90. The second kappa shape index (κ2) is 9.61. The first-order valence-corrected chi connectivity index (χ1v) is 8.82. The maximum Gasteiger partial charge on any atom is 0.255 e. The minimum atomic E-state index is -0.325. The zero-order valence-corrected chi connectivity index (χ0v) is 15.5. The highest BCUT2D eigenvalue weighted by molar-refractivity contribution is 5.97. The van der Waals surface area contributed by atoms with Crippen LogP contribution in [0.15, 0.2) is 48.5 Å². The molecule has 5 nitrogen and oxygen atoms in total. The highest BCUT2D eigenvalue weighted by Gasteiger charge is 2.19. The summed E-state index contributed by atoms with van der Waals surface area (Å²) < 4.78 is 5.27. The van der Waals surface area contributed by atoms with E-state index in [0.29, 0.717) is 24.3 Å². The van der Waals surface area contributed by atoms with Gasteiger partial charge in [-0.05, 0) is 31.0 Å². The normalized spacial score (nSPS) is 11.5. The molecule has 2 N–H and O–H groups in total. The summed E-state index contributed by atoms with van der Waals surface area (Å²) in [4.78, 5) is 24.6. The number of hydrogen-bond acceptors (Lipinski definition) is 3. The van der Waals surface area contributed by atoms with Crippen LogP contribution in [0.1, 0.15) is 47.3 Å². The average Bonchev–Trinajstić information content (AvgIpc) is 2.66. The minimum absolute atomic E-state index is 0.0175. The topological polar surface area (TPSA) is 67.4 Å². The van der Waals surface area contributed by atoms with Gasteiger partial charge in [0.25, 0.3) is 5.91 Å². The Labute approximate surface area is 154 Å². The molecule has 2 aromatic carbocycles. The van der Waals surface area contributed by atoms with Gasteiger partial charge < -0.3 is 15.4 Å². The van der Waals surface area contributed by atoms with Crippen LogP contribution in [0.25, 0.3) is 0 Å². The van der Waals surface area contributed by atoms with Crippen LogP contribution in [-0.2, 0) is 4.79 Å². The van der Waals surface area contributed by atoms with Crippen LogP contribution in [-0.4, -0.2) is 25.5 Å². The molecule has 5 heteroatoms. The Bertz CT molecular complexity index is 741. The zero-order valence-electron chi connectivity index (χ0n) is 15.5. The van der Waals surface area contributed by atoms with E-state index >= 15 is 0 Å². The molecule has 0 aliphatic heterocycles. The quantitative estimate of drug-likeness (QED) is 0.763. The van der Waals surface area contributed by atoms with Crippen LogP contribution in [0, 0.1) is 6.92 Å². The number of methoxy groups -OCH3 is 1. The van der Waals surface area contributed by atoms with E-state index < -0.39 is 0 Å². The van der Waals surface area contributed by atoms with Crippen molar-refractivity contribution >= 4 is 11.8 Å². The van der Waals surface area contributed by atoms with E-state index in [9.17, 15) is 9.59 Å². The van der Waals surface area contributed by atoms with E-state index in [1.54, 1.807) is 18.2 Å². The van der Waals surface area contributed by atoms with E-state index in [1.807, 2.05) is 44.2 Å². The molecule has 0 spiro atoms. The number of nitrogens with one attached hydrogen (secondary N) is 2. The van der Waals surface area contributed by atoms with E-state index in [4.69, 9.17) is 4.74 Å². The molecule has 0 aliphatic rings. The Morgan fingerprint density at radius 3 is 2.42 bits per heavy atom. The molecule has 0 unspecified atom stereocenters. The van der Waals surface area contributed by atoms with Crippen molar-refractivity contribution in [2.75, 3.05) is 13.7 Å². The molecule has 0 radical (unpaired) electrons. The predicted octanol–water partition coefficient (Wildman–Crippen LogP) is 3.39. The second-order valence-electron chi connectivity index (χ2n) is 6.19. The molecule has 0 saturated carbocycles. The van der Waals surface area contributed by atoms with Crippen molar-refractivity contribution < 1.29 is 14.3 Å². The third kappa shape index (κ3) is 5.34. The number of carbonyl (C=O) groups is 2. The number of rotatable bonds is 8. The summed E-state index contributed by atoms with van der Waals surface area (Å²) in [6, 6.07) is 14.7. The Morgan fingerprint density at radius 2 is 1.77 bits per heavy atom. The fraction of sp³-hybridized carbons (Fsp3) is 0.333. The predicted molar refractivity (Wildman–Crippen MR) is 102 cm³/mol. The van der Waals surface area contributed by atoms with Crippen molar-refractivity contribution in [1.82, 2.24) is 10.6 Å². The Kier molecular flexibility index (Phi) is 7.21. The Hall–Kier alpha value is -2.82. The second-order valence-corrected chi connectivity index (χ2v) is 6.19. The van der Waals surface area contributed by atoms with Crippen LogP contribution in [0.4, 0.5) is 0 Å². The summed E-state index contributed by atoms with van der Waals surface area (Å²) >= 11 is 0. The SMILES string of the molecule is CCCC(=O)NC[C@@H](NC(=O)c1ccccc1OC)c1ccc(C)cc1. The van der Waals surface area contributed by atoms with Crippen LogP contribution < -0.4 is 15.4 Å². The first-order chi connectivity index (χ1) is 12.5. The number of benzene rings is 2. The summed E-state index contributed by atoms with van der Waals surface area (Å²) in [7, 11) is 1.54. The van der Waals surface area contributed by atoms with E-state index in [1.165, 1.54) is 7.11 Å². The van der Waals surface area contributed by atoms with Gasteiger partial charge in [-0.25, -0.2) is 0 Å². The molecule has 138 valence electrons. The lowest BCUT2D eigenvalue weighted by Crippen LogP contribution is -2.38. The monoisotopic (exact) mass is 354 g/mol. The third-order valence-corrected chi connectivity index (χ3v) is 4.12. The number of hydrogen-bond donors (Lipinski definition) is 2. The lowest BCUT2D eigenvalue weighted by atomic mass is 10.0. The van der Waals surface area contributed by atoms with Crippen molar-refractivity contribution in [2.24, 2.45) is 0 Å². The number of ether oxygens (including phenoxy) is 1. The molecule has 0 aromatic heterocycles. The van der Waals surface area contributed by atoms with Crippen molar-refractivity contribution in [3.05, 3.63) is 65.2 Å². The first kappa shape index (κ1) is 19.5. The van der Waals surface area contributed by atoms with Crippen molar-refractivity contribution in [2.45, 2.75) is 32.7 Å². The van der Waals surface area contributed by atoms with Gasteiger partial charge in [0.2, 0.25) is 5.91 Å². The van der Waals surface area contributed by atoms with E-state index in [0.717, 1.165) is 17.5 Å². The molecule has 26 heavy (non-hydrogen) atoms. The number of aryl methyl sites for hydroxylation is 1. The standard InChI is InChI=1S/C21H26N2O3/c1-4-7-20(24)22-14-18(16-12-10-15(2)11-13-16)23-21(25)17-8-5-6-9-19(17)26-3/h5-6,8-13,18H,4,7,14H2,1-3H3,(H,22,24)(H,23,25)/t18-/m1/s1. The van der Waals surface area contributed by atoms with Crippen molar-refractivity contribution in [3.63, 3.8) is 0 Å². The summed E-state index contributed by atoms with van der Waals surface area (Å²) in [6.45, 7) is 4.30. The molecule has 1 atom stereocenters. The summed E-state index contributed by atoms with van der Waals surface area (Å²) in [5.41, 5.74) is 2.54. The Balaban J connectivity index is 2.18. The van der Waals surface area contributed by atoms with Crippen LogP contribution >= 0.6 is 0 Å². The van der Waals surface area contributed by atoms with Gasteiger partial charge >= 0.3 is 0 Å². The fourth-order valence-corrected chi connectivity index (χ4v) is 2.65. The maximum atomic E-state index is 12.7. The molecule has 0 fully saturated rings. The highest BCUT2D eigenvalue weighted by Crippen LogP contribution is 2.19. The average molecular weight is 354 g/mol. The smallest absolute Gasteiger partial charge is 0.255 e. The number of carbonyl (C=O) groups excluding carboxylic acids is 2. The van der Waals surface area contributed by atoms with Gasteiger partial charge in [-0.2, -0.15) is 0 Å². The Morgan fingerprint density at radius 1 is 1.08 bits per heavy atom. The molecule has 2 amide bonds. The van der Waals surface area contributed by atoms with Crippen LogP contribution in [0.3, 0.4) is 0 Å². The molecule has 2 rings (SSSR count). The lowest BCUT2D eigenvalue weighted by molar-refractivity contribution is -0.121. The highest BCUT2D eigenvalue weighted by atomic mass is 16.5. The van der Waals surface area contributed by atoms with Gasteiger partial charge in [-0.3, -0.25) is 9.59 Å². The van der Waals surface area contributed by atoms with Gasteiger partial charge in [0, 0.05) is 13.0 Å². The van der Waals surface area contributed by atoms with Crippen LogP contribution in [0.2, 0.25) is 0 Å². The van der Waals surface area contributed by atoms with Gasteiger partial charge in [0.05, 0.1) is 18.7 Å². The summed E-state index contributed by atoms with van der Waals surface area (Å²) in [5.74, 6) is 0.261. The molecule has 2 aromatic rings. The first-order valence-electron chi connectivity index (χ1n) is 8.82. The van der Waals surface area contributed by atoms with Crippen molar-refractivity contribution in [1.29, 1.82) is 0 Å². The molecular formula is C21H26N2O3. The summed E-state index contributed by atoms with van der Waals surface area (Å²) in [6.07, 6.45) is 1.26. The van der Waals surface area contributed by atoms with Gasteiger partial charge in [-0.1, -0.05) is 48.9 Å². The lowest BCUT2D eigenvalue weighted by Gasteiger charge is -2.21. The third-order valence-electron chi connectivity index (χ3n) is 4.12. The maximum absolute atomic E-state index is 12.7. The van der Waals surface area contributed by atoms with Gasteiger partial charge in [-0.15, -0.1) is 0 Å². The van der Waals surface area contributed by atoms with Gasteiger partial charge in [0.1, 0.15) is 5.75 Å². The molecule has 0 heterocycles.